The van der Waals surface area contributed by atoms with Gasteiger partial charge in [-0.2, -0.15) is 5.10 Å². The quantitative estimate of drug-likeness (QED) is 0.623. The lowest BCUT2D eigenvalue weighted by Gasteiger charge is -2.14. The molecule has 0 saturated carbocycles. The van der Waals surface area contributed by atoms with Crippen molar-refractivity contribution >= 4 is 17.7 Å². The van der Waals surface area contributed by atoms with E-state index in [2.05, 4.69) is 21.0 Å². The Hall–Kier alpha value is -2.06. The van der Waals surface area contributed by atoms with E-state index in [1.807, 2.05) is 18.2 Å². The van der Waals surface area contributed by atoms with Crippen LogP contribution in [0.3, 0.4) is 0 Å². The molecule has 13 heavy (non-hydrogen) atoms. The zero-order valence-electron chi connectivity index (χ0n) is 6.73. The van der Waals surface area contributed by atoms with Gasteiger partial charge in [-0.1, -0.05) is 18.2 Å². The lowest BCUT2D eigenvalue weighted by molar-refractivity contribution is 0.624. The number of hydrogen-bond acceptors (Lipinski definition) is 4. The predicted molar refractivity (Wildman–Crippen MR) is 49.9 cm³/mol. The number of nitrogens with zero attached hydrogens (tertiary/aromatic N) is 3. The number of hydrazone groups is 1. The van der Waals surface area contributed by atoms with Gasteiger partial charge in [0.25, 0.3) is 0 Å². The zero-order chi connectivity index (χ0) is 9.10. The summed E-state index contributed by atoms with van der Waals surface area (Å²) in [5, 5.41) is 5.40. The Morgan fingerprint density at radius 3 is 2.92 bits per heavy atom. The summed E-state index contributed by atoms with van der Waals surface area (Å²) in [4.78, 5) is 3.39. The molecular formula is C8H7N5. The molecule has 0 aromatic heterocycles. The van der Waals surface area contributed by atoms with E-state index in [4.69, 9.17) is 6.57 Å². The summed E-state index contributed by atoms with van der Waals surface area (Å²) in [7, 11) is 0. The molecule has 0 saturated heterocycles. The van der Waals surface area contributed by atoms with Crippen molar-refractivity contribution in [2.24, 2.45) is 5.10 Å². The Labute approximate surface area is 75.4 Å². The number of hydrazine groups is 2. The van der Waals surface area contributed by atoms with Crippen LogP contribution >= 0.6 is 0 Å². The maximum atomic E-state index is 6.95. The molecule has 0 spiro atoms. The van der Waals surface area contributed by atoms with Crippen molar-refractivity contribution in [3.63, 3.8) is 0 Å². The Morgan fingerprint density at radius 1 is 1.38 bits per heavy atom. The standard InChI is InChI=1S/C8H7N5/c1-9-7-4-2-3-5-8(7)13-6-10-11-12-13/h2-6,11-12H. The van der Waals surface area contributed by atoms with Gasteiger partial charge in [0.05, 0.1) is 12.3 Å². The van der Waals surface area contributed by atoms with Crippen LogP contribution in [-0.4, -0.2) is 6.34 Å². The number of benzene rings is 1. The van der Waals surface area contributed by atoms with Crippen molar-refractivity contribution in [3.05, 3.63) is 35.7 Å². The van der Waals surface area contributed by atoms with Gasteiger partial charge in [0.1, 0.15) is 6.34 Å². The van der Waals surface area contributed by atoms with E-state index >= 15 is 0 Å². The van der Waals surface area contributed by atoms with E-state index in [9.17, 15) is 0 Å². The van der Waals surface area contributed by atoms with E-state index in [0.29, 0.717) is 5.69 Å². The molecule has 1 aromatic carbocycles. The first-order valence-electron chi connectivity index (χ1n) is 3.71. The molecule has 2 rings (SSSR count). The summed E-state index contributed by atoms with van der Waals surface area (Å²) in [5.74, 6) is 0. The molecule has 1 aliphatic rings. The van der Waals surface area contributed by atoms with Crippen LogP contribution in [0.25, 0.3) is 4.85 Å². The van der Waals surface area contributed by atoms with Gasteiger partial charge in [-0.25, -0.2) is 10.4 Å². The first-order chi connectivity index (χ1) is 6.42. The second kappa shape index (κ2) is 3.13. The fourth-order valence-electron chi connectivity index (χ4n) is 1.08. The number of para-hydroxylation sites is 2. The lowest BCUT2D eigenvalue weighted by Crippen LogP contribution is -2.37. The minimum Gasteiger partial charge on any atom is -0.256 e. The topological polar surface area (TPSA) is 44.0 Å². The largest absolute Gasteiger partial charge is 0.256 e. The van der Waals surface area contributed by atoms with Gasteiger partial charge in [-0.3, -0.25) is 5.01 Å². The van der Waals surface area contributed by atoms with Crippen molar-refractivity contribution in [1.82, 2.24) is 11.1 Å². The van der Waals surface area contributed by atoms with Crippen molar-refractivity contribution in [2.45, 2.75) is 0 Å². The highest BCUT2D eigenvalue weighted by Gasteiger charge is 2.10. The summed E-state index contributed by atoms with van der Waals surface area (Å²) >= 11 is 0. The van der Waals surface area contributed by atoms with Crippen LogP contribution < -0.4 is 16.1 Å². The molecule has 0 fully saturated rings. The Morgan fingerprint density at radius 2 is 2.23 bits per heavy atom. The lowest BCUT2D eigenvalue weighted by atomic mass is 10.3. The van der Waals surface area contributed by atoms with Gasteiger partial charge in [-0.15, -0.1) is 5.53 Å². The highest BCUT2D eigenvalue weighted by Crippen LogP contribution is 2.26. The molecule has 1 aromatic rings. The van der Waals surface area contributed by atoms with Crippen LogP contribution in [0.5, 0.6) is 0 Å². The van der Waals surface area contributed by atoms with Gasteiger partial charge in [0.15, 0.2) is 0 Å². The average Bonchev–Trinajstić information content (AvgIpc) is 2.70. The first-order valence-corrected chi connectivity index (χ1v) is 3.71. The van der Waals surface area contributed by atoms with Gasteiger partial charge in [0, 0.05) is 0 Å². The molecule has 0 bridgehead atoms. The van der Waals surface area contributed by atoms with Crippen LogP contribution in [0.4, 0.5) is 11.4 Å². The van der Waals surface area contributed by atoms with Crippen molar-refractivity contribution in [1.29, 1.82) is 0 Å². The third kappa shape index (κ3) is 1.30. The van der Waals surface area contributed by atoms with E-state index in [1.54, 1.807) is 17.4 Å². The minimum atomic E-state index is 0.588. The Kier molecular flexibility index (Phi) is 1.82. The minimum absolute atomic E-state index is 0.588. The second-order valence-corrected chi connectivity index (χ2v) is 2.44. The molecule has 0 radical (unpaired) electrons. The second-order valence-electron chi connectivity index (χ2n) is 2.44. The summed E-state index contributed by atoms with van der Waals surface area (Å²) in [6.45, 7) is 6.95. The van der Waals surface area contributed by atoms with Gasteiger partial charge in [-0.05, 0) is 6.07 Å². The summed E-state index contributed by atoms with van der Waals surface area (Å²) < 4.78 is 0. The summed E-state index contributed by atoms with van der Waals surface area (Å²) in [5.41, 5.74) is 6.70. The molecule has 5 nitrogen and oxygen atoms in total. The van der Waals surface area contributed by atoms with Crippen LogP contribution in [0, 0.1) is 6.57 Å². The van der Waals surface area contributed by atoms with Crippen molar-refractivity contribution in [2.75, 3.05) is 5.01 Å². The van der Waals surface area contributed by atoms with E-state index in [0.717, 1.165) is 5.69 Å². The smallest absolute Gasteiger partial charge is 0.211 e. The van der Waals surface area contributed by atoms with Crippen molar-refractivity contribution < 1.29 is 0 Å². The van der Waals surface area contributed by atoms with Gasteiger partial charge < -0.3 is 0 Å². The fourth-order valence-corrected chi connectivity index (χ4v) is 1.08. The number of anilines is 1. The number of nitrogens with one attached hydrogen (secondary N) is 2. The Bertz CT molecular complexity index is 378. The molecule has 0 unspecified atom stereocenters. The van der Waals surface area contributed by atoms with E-state index in [-0.39, 0.29) is 0 Å². The van der Waals surface area contributed by atoms with Gasteiger partial charge in [0.2, 0.25) is 5.69 Å². The molecular weight excluding hydrogens is 166 g/mol. The number of hydrogen-bond donors (Lipinski definition) is 2. The normalized spacial score (nSPS) is 13.9. The first kappa shape index (κ1) is 7.58. The molecule has 2 N–H and O–H groups in total. The predicted octanol–water partition coefficient (Wildman–Crippen LogP) is 1.01. The van der Waals surface area contributed by atoms with Crippen LogP contribution in [0.15, 0.2) is 29.4 Å². The SMILES string of the molecule is [C-]#[N+]c1ccccc1N1C=NNN1. The molecule has 5 heteroatoms. The highest BCUT2D eigenvalue weighted by atomic mass is 15.8. The van der Waals surface area contributed by atoms with Crippen molar-refractivity contribution in [3.8, 4) is 0 Å². The van der Waals surface area contributed by atoms with Gasteiger partial charge >= 0.3 is 0 Å². The monoisotopic (exact) mass is 173 g/mol. The number of rotatable bonds is 1. The molecule has 0 amide bonds. The van der Waals surface area contributed by atoms with Crippen LogP contribution in [0.2, 0.25) is 0 Å². The molecule has 0 atom stereocenters. The molecule has 64 valence electrons. The molecule has 1 aliphatic heterocycles. The van der Waals surface area contributed by atoms with Crippen LogP contribution in [0.1, 0.15) is 0 Å². The fraction of sp³-hybridized carbons (Fsp3) is 0. The Balaban J connectivity index is 2.39. The summed E-state index contributed by atoms with van der Waals surface area (Å²) in [6, 6.07) is 7.31. The molecule has 1 heterocycles. The van der Waals surface area contributed by atoms with Crippen LogP contribution in [-0.2, 0) is 0 Å². The molecule has 0 aliphatic carbocycles. The third-order valence-corrected chi connectivity index (χ3v) is 1.67. The highest BCUT2D eigenvalue weighted by molar-refractivity contribution is 5.85. The third-order valence-electron chi connectivity index (χ3n) is 1.67. The zero-order valence-corrected chi connectivity index (χ0v) is 6.73. The summed E-state index contributed by atoms with van der Waals surface area (Å²) in [6.07, 6.45) is 1.57. The van der Waals surface area contributed by atoms with E-state index in [1.165, 1.54) is 0 Å². The maximum Gasteiger partial charge on any atom is 0.211 e. The van der Waals surface area contributed by atoms with E-state index < -0.39 is 0 Å². The average molecular weight is 173 g/mol. The maximum absolute atomic E-state index is 6.95.